The fourth-order valence-corrected chi connectivity index (χ4v) is 1.12. The largest absolute Gasteiger partial charge is 0.341 e. The number of amides is 1. The van der Waals surface area contributed by atoms with Crippen molar-refractivity contribution in [1.29, 1.82) is 0 Å². The minimum atomic E-state index is -0.00772. The maximum Gasteiger partial charge on any atom is 0.245 e. The SMILES string of the molecule is C=CC(=O)N(C)CCI. The van der Waals surface area contributed by atoms with E-state index in [-0.39, 0.29) is 5.91 Å². The first-order chi connectivity index (χ1) is 4.22. The van der Waals surface area contributed by atoms with Crippen LogP contribution in [0.2, 0.25) is 0 Å². The minimum absolute atomic E-state index is 0.00772. The molecule has 0 aromatic carbocycles. The van der Waals surface area contributed by atoms with Crippen molar-refractivity contribution in [3.8, 4) is 0 Å². The van der Waals surface area contributed by atoms with E-state index >= 15 is 0 Å². The van der Waals surface area contributed by atoms with Gasteiger partial charge in [-0.05, 0) is 6.08 Å². The molecule has 0 saturated carbocycles. The number of carbonyl (C=O) groups excluding carboxylic acids is 1. The van der Waals surface area contributed by atoms with Gasteiger partial charge in [0.05, 0.1) is 0 Å². The van der Waals surface area contributed by atoms with Crippen LogP contribution >= 0.6 is 22.6 Å². The van der Waals surface area contributed by atoms with E-state index in [0.717, 1.165) is 11.0 Å². The van der Waals surface area contributed by atoms with Crippen LogP contribution in [0.3, 0.4) is 0 Å². The Morgan fingerprint density at radius 3 is 2.78 bits per heavy atom. The first-order valence-corrected chi connectivity index (χ1v) is 4.18. The van der Waals surface area contributed by atoms with E-state index in [1.165, 1.54) is 6.08 Å². The lowest BCUT2D eigenvalue weighted by atomic mass is 10.5. The van der Waals surface area contributed by atoms with E-state index in [9.17, 15) is 4.79 Å². The number of nitrogens with zero attached hydrogens (tertiary/aromatic N) is 1. The highest BCUT2D eigenvalue weighted by Crippen LogP contribution is 1.88. The van der Waals surface area contributed by atoms with Gasteiger partial charge in [0.2, 0.25) is 5.91 Å². The standard InChI is InChI=1S/C6H10INO/c1-3-6(9)8(2)5-4-7/h3H,1,4-5H2,2H3. The second-order valence-corrected chi connectivity index (χ2v) is 2.73. The van der Waals surface area contributed by atoms with E-state index in [1.54, 1.807) is 11.9 Å². The van der Waals surface area contributed by atoms with Crippen molar-refractivity contribution >= 4 is 28.5 Å². The summed E-state index contributed by atoms with van der Waals surface area (Å²) in [6, 6.07) is 0. The van der Waals surface area contributed by atoms with Crippen molar-refractivity contribution < 1.29 is 4.79 Å². The lowest BCUT2D eigenvalue weighted by Crippen LogP contribution is -2.26. The topological polar surface area (TPSA) is 20.3 Å². The summed E-state index contributed by atoms with van der Waals surface area (Å²) < 4.78 is 0.966. The second-order valence-electron chi connectivity index (χ2n) is 1.65. The lowest BCUT2D eigenvalue weighted by Gasteiger charge is -2.11. The fraction of sp³-hybridized carbons (Fsp3) is 0.500. The predicted octanol–water partition coefficient (Wildman–Crippen LogP) is 1.07. The van der Waals surface area contributed by atoms with Gasteiger partial charge in [-0.3, -0.25) is 4.79 Å². The Labute approximate surface area is 69.1 Å². The van der Waals surface area contributed by atoms with Crippen LogP contribution in [0.15, 0.2) is 12.7 Å². The van der Waals surface area contributed by atoms with Gasteiger partial charge < -0.3 is 4.90 Å². The lowest BCUT2D eigenvalue weighted by molar-refractivity contribution is -0.124. The van der Waals surface area contributed by atoms with Crippen LogP contribution in [0.5, 0.6) is 0 Å². The van der Waals surface area contributed by atoms with Crippen LogP contribution in [-0.4, -0.2) is 28.8 Å². The molecule has 0 N–H and O–H groups in total. The summed E-state index contributed by atoms with van der Waals surface area (Å²) in [6.45, 7) is 4.17. The van der Waals surface area contributed by atoms with E-state index in [1.807, 2.05) is 0 Å². The smallest absolute Gasteiger partial charge is 0.245 e. The molecule has 0 aliphatic heterocycles. The molecule has 0 radical (unpaired) electrons. The quantitative estimate of drug-likeness (QED) is 0.409. The molecule has 9 heavy (non-hydrogen) atoms. The molecule has 0 aromatic rings. The molecule has 0 aliphatic carbocycles. The van der Waals surface area contributed by atoms with Gasteiger partial charge in [-0.25, -0.2) is 0 Å². The summed E-state index contributed by atoms with van der Waals surface area (Å²) in [7, 11) is 1.77. The van der Waals surface area contributed by atoms with Crippen molar-refractivity contribution in [3.05, 3.63) is 12.7 Å². The van der Waals surface area contributed by atoms with E-state index < -0.39 is 0 Å². The molecule has 0 aliphatic rings. The van der Waals surface area contributed by atoms with Gasteiger partial charge in [0, 0.05) is 18.0 Å². The van der Waals surface area contributed by atoms with Crippen molar-refractivity contribution in [2.24, 2.45) is 0 Å². The van der Waals surface area contributed by atoms with Crippen LogP contribution in [0.1, 0.15) is 0 Å². The normalized spacial score (nSPS) is 8.67. The van der Waals surface area contributed by atoms with E-state index in [4.69, 9.17) is 0 Å². The summed E-state index contributed by atoms with van der Waals surface area (Å²) >= 11 is 2.22. The molecule has 0 atom stereocenters. The second kappa shape index (κ2) is 4.78. The molecule has 0 spiro atoms. The molecular formula is C6H10INO. The third-order valence-corrected chi connectivity index (χ3v) is 1.45. The zero-order valence-corrected chi connectivity index (χ0v) is 7.59. The van der Waals surface area contributed by atoms with Crippen molar-refractivity contribution in [2.45, 2.75) is 0 Å². The molecule has 0 aromatic heterocycles. The van der Waals surface area contributed by atoms with Crippen LogP contribution in [-0.2, 0) is 4.79 Å². The van der Waals surface area contributed by atoms with Crippen LogP contribution in [0.4, 0.5) is 0 Å². The Hall–Kier alpha value is -0.0600. The van der Waals surface area contributed by atoms with Crippen molar-refractivity contribution in [3.63, 3.8) is 0 Å². The molecule has 0 rings (SSSR count). The van der Waals surface area contributed by atoms with Gasteiger partial charge in [-0.1, -0.05) is 29.2 Å². The number of alkyl halides is 1. The molecule has 0 unspecified atom stereocenters. The summed E-state index contributed by atoms with van der Waals surface area (Å²) in [5, 5.41) is 0. The molecule has 0 saturated heterocycles. The van der Waals surface area contributed by atoms with Gasteiger partial charge in [-0.2, -0.15) is 0 Å². The van der Waals surface area contributed by atoms with Gasteiger partial charge in [0.1, 0.15) is 0 Å². The summed E-state index contributed by atoms with van der Waals surface area (Å²) in [5.74, 6) is -0.00772. The van der Waals surface area contributed by atoms with E-state index in [2.05, 4.69) is 29.2 Å². The zero-order valence-electron chi connectivity index (χ0n) is 5.43. The van der Waals surface area contributed by atoms with Crippen LogP contribution in [0, 0.1) is 0 Å². The summed E-state index contributed by atoms with van der Waals surface area (Å²) in [6.07, 6.45) is 1.33. The van der Waals surface area contributed by atoms with Gasteiger partial charge in [0.15, 0.2) is 0 Å². The van der Waals surface area contributed by atoms with Crippen molar-refractivity contribution in [2.75, 3.05) is 18.0 Å². The average molecular weight is 239 g/mol. The fourth-order valence-electron chi connectivity index (χ4n) is 0.393. The van der Waals surface area contributed by atoms with E-state index in [0.29, 0.717) is 0 Å². The number of hydrogen-bond donors (Lipinski definition) is 0. The third kappa shape index (κ3) is 3.51. The number of hydrogen-bond acceptors (Lipinski definition) is 1. The zero-order chi connectivity index (χ0) is 7.28. The molecule has 2 nitrogen and oxygen atoms in total. The Morgan fingerprint density at radius 2 is 2.44 bits per heavy atom. The number of likely N-dealkylation sites (N-methyl/N-ethyl adjacent to an activating group) is 1. The summed E-state index contributed by atoms with van der Waals surface area (Å²) in [5.41, 5.74) is 0. The van der Waals surface area contributed by atoms with Gasteiger partial charge in [0.25, 0.3) is 0 Å². The van der Waals surface area contributed by atoms with Crippen LogP contribution in [0.25, 0.3) is 0 Å². The first-order valence-electron chi connectivity index (χ1n) is 2.66. The predicted molar refractivity (Wildman–Crippen MR) is 46.7 cm³/mol. The molecule has 0 bridgehead atoms. The van der Waals surface area contributed by atoms with Crippen LogP contribution < -0.4 is 0 Å². The third-order valence-electron chi connectivity index (χ3n) is 0.971. The van der Waals surface area contributed by atoms with Gasteiger partial charge in [-0.15, -0.1) is 0 Å². The van der Waals surface area contributed by atoms with Crippen molar-refractivity contribution in [1.82, 2.24) is 4.90 Å². The molecular weight excluding hydrogens is 229 g/mol. The Balaban J connectivity index is 3.58. The Morgan fingerprint density at radius 1 is 1.89 bits per heavy atom. The molecule has 1 amide bonds. The Kier molecular flexibility index (Phi) is 4.75. The molecule has 3 heteroatoms. The summed E-state index contributed by atoms with van der Waals surface area (Å²) in [4.78, 5) is 12.3. The highest BCUT2D eigenvalue weighted by atomic mass is 127. The first kappa shape index (κ1) is 8.94. The van der Waals surface area contributed by atoms with Gasteiger partial charge >= 0.3 is 0 Å². The maximum atomic E-state index is 10.7. The highest BCUT2D eigenvalue weighted by molar-refractivity contribution is 14.1. The average Bonchev–Trinajstić information content (AvgIpc) is 1.87. The molecule has 0 fully saturated rings. The highest BCUT2D eigenvalue weighted by Gasteiger charge is 1.99. The number of rotatable bonds is 3. The number of halogens is 1. The maximum absolute atomic E-state index is 10.7. The Bertz CT molecular complexity index is 114. The molecule has 0 heterocycles. The minimum Gasteiger partial charge on any atom is -0.341 e. The monoisotopic (exact) mass is 239 g/mol. The molecule has 52 valence electrons. The number of carbonyl (C=O) groups is 1.